The monoisotopic (exact) mass is 333 g/mol. The summed E-state index contributed by atoms with van der Waals surface area (Å²) < 4.78 is 33.7. The van der Waals surface area contributed by atoms with Crippen molar-refractivity contribution in [3.8, 4) is 11.5 Å². The van der Waals surface area contributed by atoms with Crippen LogP contribution in [0, 0.1) is 11.6 Å². The smallest absolute Gasteiger partial charge is 0.331 e. The zero-order chi connectivity index (χ0) is 17.9. The summed E-state index contributed by atoms with van der Waals surface area (Å²) >= 11 is 0. The summed E-state index contributed by atoms with van der Waals surface area (Å²) in [4.78, 5) is 12.7. The molecule has 0 atom stereocenters. The molecule has 0 aliphatic heterocycles. The van der Waals surface area contributed by atoms with E-state index < -0.39 is 23.2 Å². The third-order valence-electron chi connectivity index (χ3n) is 3.32. The summed E-state index contributed by atoms with van der Waals surface area (Å²) in [5.41, 5.74) is 0.300. The molecule has 2 aromatic rings. The highest BCUT2D eigenvalue weighted by atomic mass is 19.1. The number of rotatable bonds is 5. The van der Waals surface area contributed by atoms with E-state index in [-0.39, 0.29) is 11.3 Å². The third-order valence-corrected chi connectivity index (χ3v) is 3.32. The maximum atomic E-state index is 14.1. The second-order valence-corrected chi connectivity index (χ2v) is 5.43. The molecule has 0 heterocycles. The van der Waals surface area contributed by atoms with Crippen LogP contribution in [0.5, 0.6) is 11.5 Å². The summed E-state index contributed by atoms with van der Waals surface area (Å²) in [5.74, 6) is -2.60. The molecule has 2 aromatic carbocycles. The zero-order valence-corrected chi connectivity index (χ0v) is 13.5. The van der Waals surface area contributed by atoms with E-state index in [0.29, 0.717) is 5.75 Å². The van der Waals surface area contributed by atoms with Gasteiger partial charge in [0.15, 0.2) is 0 Å². The lowest BCUT2D eigenvalue weighted by molar-refractivity contribution is -0.132. The molecule has 0 bridgehead atoms. The van der Waals surface area contributed by atoms with E-state index in [4.69, 9.17) is 9.84 Å². The molecule has 0 amide bonds. The quantitative estimate of drug-likeness (QED) is 0.828. The van der Waals surface area contributed by atoms with Crippen LogP contribution < -0.4 is 9.64 Å². The minimum atomic E-state index is -1.24. The second-order valence-electron chi connectivity index (χ2n) is 5.43. The zero-order valence-electron chi connectivity index (χ0n) is 13.5. The first-order valence-corrected chi connectivity index (χ1v) is 7.14. The Bertz CT molecular complexity index is 778. The van der Waals surface area contributed by atoms with Crippen molar-refractivity contribution >= 4 is 17.7 Å². The fourth-order valence-corrected chi connectivity index (χ4v) is 2.00. The van der Waals surface area contributed by atoms with Gasteiger partial charge in [-0.3, -0.25) is 0 Å². The molecule has 126 valence electrons. The van der Waals surface area contributed by atoms with E-state index >= 15 is 0 Å². The molecule has 0 aromatic heterocycles. The van der Waals surface area contributed by atoms with Gasteiger partial charge in [0.25, 0.3) is 0 Å². The third kappa shape index (κ3) is 4.10. The molecular formula is C18H17F2NO3. The van der Waals surface area contributed by atoms with E-state index in [2.05, 4.69) is 0 Å². The van der Waals surface area contributed by atoms with Crippen LogP contribution in [-0.2, 0) is 4.79 Å². The number of nitrogens with zero attached hydrogens (tertiary/aromatic N) is 1. The lowest BCUT2D eigenvalue weighted by Gasteiger charge is -2.14. The minimum absolute atomic E-state index is 0.00830. The van der Waals surface area contributed by atoms with Gasteiger partial charge < -0.3 is 14.7 Å². The topological polar surface area (TPSA) is 49.8 Å². The number of hydrogen-bond donors (Lipinski definition) is 1. The molecule has 0 spiro atoms. The molecule has 6 heteroatoms. The van der Waals surface area contributed by atoms with Gasteiger partial charge in [0.2, 0.25) is 0 Å². The van der Waals surface area contributed by atoms with Crippen LogP contribution in [0.15, 0.2) is 42.0 Å². The Morgan fingerprint density at radius 1 is 1.12 bits per heavy atom. The van der Waals surface area contributed by atoms with Crippen molar-refractivity contribution in [2.75, 3.05) is 19.0 Å². The van der Waals surface area contributed by atoms with Gasteiger partial charge in [-0.05, 0) is 25.1 Å². The van der Waals surface area contributed by atoms with Crippen LogP contribution in [0.25, 0.3) is 6.08 Å². The lowest BCUT2D eigenvalue weighted by atomic mass is 10.1. The highest BCUT2D eigenvalue weighted by Gasteiger charge is 2.13. The van der Waals surface area contributed by atoms with Gasteiger partial charge in [0, 0.05) is 49.1 Å². The van der Waals surface area contributed by atoms with Crippen molar-refractivity contribution in [2.45, 2.75) is 6.92 Å². The van der Waals surface area contributed by atoms with Gasteiger partial charge >= 0.3 is 5.97 Å². The Hall–Kier alpha value is -2.89. The van der Waals surface area contributed by atoms with E-state index in [1.54, 1.807) is 18.2 Å². The molecule has 0 aliphatic carbocycles. The maximum absolute atomic E-state index is 14.1. The molecule has 0 aliphatic rings. The molecule has 2 rings (SSSR count). The highest BCUT2D eigenvalue weighted by Crippen LogP contribution is 2.28. The number of carboxylic acids is 1. The van der Waals surface area contributed by atoms with E-state index in [9.17, 15) is 13.6 Å². The first kappa shape index (κ1) is 17.5. The van der Waals surface area contributed by atoms with Gasteiger partial charge in [0.1, 0.15) is 23.1 Å². The number of ether oxygens (including phenoxy) is 1. The van der Waals surface area contributed by atoms with Crippen molar-refractivity contribution in [1.82, 2.24) is 0 Å². The average molecular weight is 333 g/mol. The van der Waals surface area contributed by atoms with Crippen LogP contribution in [-0.4, -0.2) is 25.2 Å². The van der Waals surface area contributed by atoms with E-state index in [0.717, 1.165) is 23.9 Å². The van der Waals surface area contributed by atoms with Crippen LogP contribution in [0.1, 0.15) is 12.5 Å². The van der Waals surface area contributed by atoms with Crippen LogP contribution >= 0.6 is 0 Å². The Kier molecular flexibility index (Phi) is 5.18. The number of hydrogen-bond acceptors (Lipinski definition) is 3. The summed E-state index contributed by atoms with van der Waals surface area (Å²) in [7, 11) is 3.73. The largest absolute Gasteiger partial charge is 0.478 e. The summed E-state index contributed by atoms with van der Waals surface area (Å²) in [6, 6.07) is 9.09. The molecule has 0 saturated heterocycles. The molecular weight excluding hydrogens is 316 g/mol. The minimum Gasteiger partial charge on any atom is -0.478 e. The van der Waals surface area contributed by atoms with Gasteiger partial charge in [-0.1, -0.05) is 6.07 Å². The van der Waals surface area contributed by atoms with Crippen molar-refractivity contribution in [3.63, 3.8) is 0 Å². The van der Waals surface area contributed by atoms with Crippen LogP contribution in [0.3, 0.4) is 0 Å². The van der Waals surface area contributed by atoms with Crippen molar-refractivity contribution in [3.05, 3.63) is 59.2 Å². The van der Waals surface area contributed by atoms with Gasteiger partial charge in [-0.25, -0.2) is 13.6 Å². The second kappa shape index (κ2) is 7.12. The number of halogens is 2. The van der Waals surface area contributed by atoms with Crippen LogP contribution in [0.4, 0.5) is 14.5 Å². The number of benzene rings is 2. The molecule has 0 unspecified atom stereocenters. The normalized spacial score (nSPS) is 11.3. The number of anilines is 1. The molecule has 1 N–H and O–H groups in total. The maximum Gasteiger partial charge on any atom is 0.331 e. The molecule has 4 nitrogen and oxygen atoms in total. The fraction of sp³-hybridized carbons (Fsp3) is 0.167. The molecule has 0 radical (unpaired) electrons. The highest BCUT2D eigenvalue weighted by molar-refractivity contribution is 5.91. The van der Waals surface area contributed by atoms with Gasteiger partial charge in [-0.2, -0.15) is 0 Å². The SMILES string of the molecule is CC(=Cc1c(F)cc(Oc2cccc(N(C)C)c2)cc1F)C(=O)O. The van der Waals surface area contributed by atoms with Crippen molar-refractivity contribution in [2.24, 2.45) is 0 Å². The predicted molar refractivity (Wildman–Crippen MR) is 88.5 cm³/mol. The van der Waals surface area contributed by atoms with E-state index in [1.165, 1.54) is 6.92 Å². The Morgan fingerprint density at radius 2 is 1.75 bits per heavy atom. The first-order chi connectivity index (χ1) is 11.3. The standard InChI is InChI=1S/C18H17F2NO3/c1-11(18(22)23)7-15-16(19)9-14(10-17(15)20)24-13-6-4-5-12(8-13)21(2)3/h4-10H,1-3H3,(H,22,23). The van der Waals surface area contributed by atoms with Crippen molar-refractivity contribution < 1.29 is 23.4 Å². The lowest BCUT2D eigenvalue weighted by Crippen LogP contribution is -2.08. The first-order valence-electron chi connectivity index (χ1n) is 7.14. The van der Waals surface area contributed by atoms with Crippen molar-refractivity contribution in [1.29, 1.82) is 0 Å². The number of carbonyl (C=O) groups is 1. The Labute approximate surface area is 138 Å². The molecule has 24 heavy (non-hydrogen) atoms. The summed E-state index contributed by atoms with van der Waals surface area (Å²) in [6.45, 7) is 1.26. The van der Waals surface area contributed by atoms with Crippen LogP contribution in [0.2, 0.25) is 0 Å². The molecule has 0 fully saturated rings. The fourth-order valence-electron chi connectivity index (χ4n) is 2.00. The van der Waals surface area contributed by atoms with Gasteiger partial charge in [0.05, 0.1) is 0 Å². The summed E-state index contributed by atoms with van der Waals surface area (Å²) in [6.07, 6.45) is 0.948. The molecule has 0 saturated carbocycles. The number of carboxylic acid groups (broad SMARTS) is 1. The Balaban J connectivity index is 2.32. The van der Waals surface area contributed by atoms with E-state index in [1.807, 2.05) is 25.1 Å². The average Bonchev–Trinajstić information content (AvgIpc) is 2.50. The Morgan fingerprint density at radius 3 is 2.29 bits per heavy atom. The number of aliphatic carboxylic acids is 1. The van der Waals surface area contributed by atoms with Gasteiger partial charge in [-0.15, -0.1) is 0 Å². The summed E-state index contributed by atoms with van der Waals surface area (Å²) in [5, 5.41) is 8.80. The predicted octanol–water partition coefficient (Wildman–Crippen LogP) is 4.31.